The van der Waals surface area contributed by atoms with Crippen molar-refractivity contribution < 1.29 is 42.5 Å². The number of carboxylic acids is 1. The van der Waals surface area contributed by atoms with E-state index in [1.807, 2.05) is 0 Å². The second-order valence-corrected chi connectivity index (χ2v) is 10.2. The molecular weight excluding hydrogens is 602 g/mol. The molecule has 1 saturated carbocycles. The number of rotatable bonds is 12. The number of hydrogen-bond donors (Lipinski definition) is 3. The molecule has 0 radical (unpaired) electrons. The van der Waals surface area contributed by atoms with Crippen molar-refractivity contribution in [3.8, 4) is 0 Å². The third kappa shape index (κ3) is 9.54. The molecule has 3 rings (SSSR count). The highest BCUT2D eigenvalue weighted by molar-refractivity contribution is 6.31. The second-order valence-electron chi connectivity index (χ2n) is 9.83. The maximum atomic E-state index is 13.1. The van der Waals surface area contributed by atoms with Crippen LogP contribution >= 0.6 is 36.4 Å². The van der Waals surface area contributed by atoms with Gasteiger partial charge < -0.3 is 30.1 Å². The minimum atomic E-state index is -4.63. The van der Waals surface area contributed by atoms with Crippen LogP contribution in [0.15, 0.2) is 18.2 Å². The zero-order valence-corrected chi connectivity index (χ0v) is 24.3. The number of nitrogens with zero attached hydrogens (tertiary/aromatic N) is 2. The van der Waals surface area contributed by atoms with Crippen molar-refractivity contribution in [2.45, 2.75) is 56.8 Å². The molecule has 1 spiro atoms. The molecule has 1 heterocycles. The van der Waals surface area contributed by atoms with E-state index in [9.17, 15) is 32.7 Å². The molecule has 2 atom stereocenters. The molecule has 1 saturated heterocycles. The molecule has 15 heteroatoms. The predicted octanol–water partition coefficient (Wildman–Crippen LogP) is 3.77. The minimum Gasteiger partial charge on any atom is -0.481 e. The number of anilines is 1. The highest BCUT2D eigenvalue weighted by atomic mass is 35.5. The van der Waals surface area contributed by atoms with Crippen LogP contribution in [0.4, 0.5) is 18.9 Å². The first-order chi connectivity index (χ1) is 17.9. The molecule has 1 aromatic carbocycles. The van der Waals surface area contributed by atoms with Crippen molar-refractivity contribution >= 4 is 59.9 Å². The van der Waals surface area contributed by atoms with E-state index in [4.69, 9.17) is 21.4 Å². The van der Waals surface area contributed by atoms with Gasteiger partial charge in [-0.3, -0.25) is 14.4 Å². The summed E-state index contributed by atoms with van der Waals surface area (Å²) in [6.45, 7) is 1.15. The number of alkyl halides is 3. The molecule has 9 nitrogen and oxygen atoms in total. The Hall–Kier alpha value is -1.99. The normalized spacial score (nSPS) is 18.2. The number of aliphatic hydroxyl groups excluding tert-OH is 1. The smallest absolute Gasteiger partial charge is 0.417 e. The Balaban J connectivity index is 0.00000400. The van der Waals surface area contributed by atoms with Crippen LogP contribution in [0.3, 0.4) is 0 Å². The van der Waals surface area contributed by atoms with Gasteiger partial charge in [0, 0.05) is 44.8 Å². The van der Waals surface area contributed by atoms with Crippen molar-refractivity contribution in [1.82, 2.24) is 10.2 Å². The minimum absolute atomic E-state index is 0. The summed E-state index contributed by atoms with van der Waals surface area (Å²) >= 11 is 5.84. The van der Waals surface area contributed by atoms with Crippen LogP contribution in [0.1, 0.15) is 44.1 Å². The fourth-order valence-corrected chi connectivity index (χ4v) is 5.05. The monoisotopic (exact) mass is 635 g/mol. The van der Waals surface area contributed by atoms with Crippen LogP contribution in [0.2, 0.25) is 5.02 Å². The maximum Gasteiger partial charge on any atom is 0.417 e. The summed E-state index contributed by atoms with van der Waals surface area (Å²) in [6.07, 6.45) is -2.51. The van der Waals surface area contributed by atoms with E-state index in [0.29, 0.717) is 12.2 Å². The Bertz CT molecular complexity index is 1030. The van der Waals surface area contributed by atoms with Gasteiger partial charge in [0.25, 0.3) is 0 Å². The fraction of sp³-hybridized carbons (Fsp3) is 0.640. The first kappa shape index (κ1) is 36.0. The Kier molecular flexibility index (Phi) is 13.8. The van der Waals surface area contributed by atoms with Crippen LogP contribution in [0.25, 0.3) is 0 Å². The Morgan fingerprint density at radius 3 is 2.40 bits per heavy atom. The average Bonchev–Trinajstić information content (AvgIpc) is 3.63. The Labute approximate surface area is 248 Å². The molecule has 1 amide bonds. The fourth-order valence-electron chi connectivity index (χ4n) is 4.76. The van der Waals surface area contributed by atoms with E-state index in [0.717, 1.165) is 31.4 Å². The van der Waals surface area contributed by atoms with Gasteiger partial charge in [-0.25, -0.2) is 0 Å². The first-order valence-corrected chi connectivity index (χ1v) is 12.8. The van der Waals surface area contributed by atoms with Crippen LogP contribution in [0, 0.1) is 5.41 Å². The summed E-state index contributed by atoms with van der Waals surface area (Å²) in [5.74, 6) is -1.83. The third-order valence-electron chi connectivity index (χ3n) is 7.35. The number of methoxy groups -OCH3 is 1. The van der Waals surface area contributed by atoms with E-state index < -0.39 is 40.8 Å². The predicted molar refractivity (Wildman–Crippen MR) is 147 cm³/mol. The number of aliphatic carboxylic acids is 1. The standard InChI is InChI=1S/C25H33ClF3N3O6.2ClH/c1-38-23(37)19(4-5-21(34)32-12-9-24(7-8-24)20(33)15-32)30-10-13-31(11-6-22(35)36)16-2-3-17(18(26)14-16)25(27,28)29;;/h2-3,14,19-20,30,33H,4-13,15H2,1H3,(H,35,36);2*1H/t19-,20+;;/m0../s1. The molecule has 3 N–H and O–H groups in total. The number of nitrogens with one attached hydrogen (secondary N) is 1. The number of ether oxygens (including phenoxy) is 1. The summed E-state index contributed by atoms with van der Waals surface area (Å²) in [7, 11) is 1.22. The highest BCUT2D eigenvalue weighted by Crippen LogP contribution is 2.53. The lowest BCUT2D eigenvalue weighted by molar-refractivity contribution is -0.144. The summed E-state index contributed by atoms with van der Waals surface area (Å²) in [5, 5.41) is 21.9. The number of amides is 1. The topological polar surface area (TPSA) is 119 Å². The third-order valence-corrected chi connectivity index (χ3v) is 7.66. The number of piperidine rings is 1. The number of hydrogen-bond acceptors (Lipinski definition) is 7. The van der Waals surface area contributed by atoms with E-state index >= 15 is 0 Å². The molecule has 0 bridgehead atoms. The average molecular weight is 637 g/mol. The van der Waals surface area contributed by atoms with E-state index in [-0.39, 0.29) is 81.6 Å². The number of benzene rings is 1. The molecule has 2 aliphatic rings. The summed E-state index contributed by atoms with van der Waals surface area (Å²) < 4.78 is 44.1. The Morgan fingerprint density at radius 1 is 1.20 bits per heavy atom. The number of carbonyl (C=O) groups is 3. The Morgan fingerprint density at radius 2 is 1.88 bits per heavy atom. The number of β-amino-alcohol motifs (C(OH)–C–C–N with tert-alkyl or cyclic N) is 1. The molecule has 1 aliphatic heterocycles. The second kappa shape index (κ2) is 15.3. The zero-order valence-electron chi connectivity index (χ0n) is 21.9. The van der Waals surface area contributed by atoms with Crippen molar-refractivity contribution in [1.29, 1.82) is 0 Å². The van der Waals surface area contributed by atoms with E-state index in [1.54, 1.807) is 9.80 Å². The highest BCUT2D eigenvalue weighted by Gasteiger charge is 2.51. The summed E-state index contributed by atoms with van der Waals surface area (Å²) in [4.78, 5) is 39.3. The van der Waals surface area contributed by atoms with E-state index in [1.165, 1.54) is 13.2 Å². The quantitative estimate of drug-likeness (QED) is 0.297. The molecule has 2 fully saturated rings. The van der Waals surface area contributed by atoms with Crippen molar-refractivity contribution in [3.63, 3.8) is 0 Å². The van der Waals surface area contributed by atoms with Crippen LogP contribution in [-0.4, -0.2) is 84.9 Å². The van der Waals surface area contributed by atoms with E-state index in [2.05, 4.69) is 5.32 Å². The van der Waals surface area contributed by atoms with Gasteiger partial charge in [0.2, 0.25) is 5.91 Å². The number of aliphatic hydroxyl groups is 1. The zero-order chi connectivity index (χ0) is 28.1. The molecular formula is C25H35Cl3F3N3O6. The van der Waals surface area contributed by atoms with Gasteiger partial charge in [0.15, 0.2) is 0 Å². The lowest BCUT2D eigenvalue weighted by Gasteiger charge is -2.36. The van der Waals surface area contributed by atoms with Crippen molar-refractivity contribution in [2.24, 2.45) is 5.41 Å². The lowest BCUT2D eigenvalue weighted by Crippen LogP contribution is -2.48. The van der Waals surface area contributed by atoms with Gasteiger partial charge in [-0.2, -0.15) is 13.2 Å². The SMILES string of the molecule is COC(=O)[C@H](CCC(=O)N1CCC2(CC2)[C@H](O)C1)NCCN(CCC(=O)O)c1ccc(C(F)(F)F)c(Cl)c1.Cl.Cl. The van der Waals surface area contributed by atoms with Gasteiger partial charge in [0.1, 0.15) is 6.04 Å². The molecule has 40 heavy (non-hydrogen) atoms. The molecule has 0 aromatic heterocycles. The molecule has 228 valence electrons. The lowest BCUT2D eigenvalue weighted by atomic mass is 9.90. The van der Waals surface area contributed by atoms with Crippen LogP contribution in [0.5, 0.6) is 0 Å². The molecule has 1 aromatic rings. The van der Waals surface area contributed by atoms with Gasteiger partial charge >= 0.3 is 18.1 Å². The van der Waals surface area contributed by atoms with Gasteiger partial charge in [-0.15, -0.1) is 24.8 Å². The molecule has 0 unspecified atom stereocenters. The number of halogens is 6. The molecule has 1 aliphatic carbocycles. The van der Waals surface area contributed by atoms with Crippen LogP contribution in [-0.2, 0) is 25.3 Å². The number of likely N-dealkylation sites (tertiary alicyclic amines) is 1. The first-order valence-electron chi connectivity index (χ1n) is 12.5. The van der Waals surface area contributed by atoms with Crippen molar-refractivity contribution in [3.05, 3.63) is 28.8 Å². The maximum absolute atomic E-state index is 13.1. The number of carboxylic acid groups (broad SMARTS) is 1. The largest absolute Gasteiger partial charge is 0.481 e. The number of esters is 1. The van der Waals surface area contributed by atoms with Gasteiger partial charge in [-0.1, -0.05) is 11.6 Å². The summed E-state index contributed by atoms with van der Waals surface area (Å²) in [5.41, 5.74) is -0.729. The number of carbonyl (C=O) groups excluding carboxylic acids is 2. The van der Waals surface area contributed by atoms with Gasteiger partial charge in [0.05, 0.1) is 30.2 Å². The van der Waals surface area contributed by atoms with Gasteiger partial charge in [-0.05, 0) is 49.3 Å². The summed E-state index contributed by atoms with van der Waals surface area (Å²) in [6, 6.07) is 2.35. The van der Waals surface area contributed by atoms with Crippen LogP contribution < -0.4 is 10.2 Å². The van der Waals surface area contributed by atoms with Crippen molar-refractivity contribution in [2.75, 3.05) is 44.7 Å².